The summed E-state index contributed by atoms with van der Waals surface area (Å²) in [5.41, 5.74) is 1.03. The van der Waals surface area contributed by atoms with E-state index in [1.165, 1.54) is 18.2 Å². The standard InChI is InChI=1S/C22H19FN4O2/c1-2-3-12-25-21(28)17(13-24)19-14-8-4-5-9-15(14)20(26-19)27-22(29)16-10-6-7-11-18(16)23/h4-11H,2-3,12H2,1H3,(H,25,28)(H,26,27,29). The Morgan fingerprint density at radius 1 is 1.10 bits per heavy atom. The number of carbonyl (C=O) groups excluding carboxylic acids is 2. The van der Waals surface area contributed by atoms with Crippen molar-refractivity contribution in [2.75, 3.05) is 6.54 Å². The fourth-order valence-corrected chi connectivity index (χ4v) is 2.91. The third kappa shape index (κ3) is 4.22. The zero-order valence-corrected chi connectivity index (χ0v) is 15.8. The lowest BCUT2D eigenvalue weighted by molar-refractivity contribution is -0.117. The van der Waals surface area contributed by atoms with Gasteiger partial charge in [-0.1, -0.05) is 49.7 Å². The molecule has 0 spiro atoms. The van der Waals surface area contributed by atoms with Crippen LogP contribution in [-0.2, 0) is 4.79 Å². The molecule has 2 N–H and O–H groups in total. The minimum atomic E-state index is -0.663. The normalized spacial score (nSPS) is 13.8. The minimum Gasteiger partial charge on any atom is -0.351 e. The van der Waals surface area contributed by atoms with Gasteiger partial charge >= 0.3 is 0 Å². The number of hydrogen-bond acceptors (Lipinski definition) is 4. The summed E-state index contributed by atoms with van der Waals surface area (Å²) in [6.07, 6.45) is 1.70. The van der Waals surface area contributed by atoms with Crippen molar-refractivity contribution in [1.82, 2.24) is 10.6 Å². The highest BCUT2D eigenvalue weighted by molar-refractivity contribution is 6.20. The molecule has 2 amide bonds. The second kappa shape index (κ2) is 8.93. The molecule has 1 aliphatic rings. The lowest BCUT2D eigenvalue weighted by Gasteiger charge is -2.06. The molecule has 3 rings (SSSR count). The van der Waals surface area contributed by atoms with E-state index in [4.69, 9.17) is 0 Å². The summed E-state index contributed by atoms with van der Waals surface area (Å²) in [4.78, 5) is 29.3. The molecular formula is C22H19FN4O2. The third-order valence-corrected chi connectivity index (χ3v) is 4.40. The van der Waals surface area contributed by atoms with Gasteiger partial charge in [0.1, 0.15) is 23.3 Å². The Bertz CT molecular complexity index is 1070. The summed E-state index contributed by atoms with van der Waals surface area (Å²) in [5, 5.41) is 14.8. The topological polar surface area (TPSA) is 94.3 Å². The Balaban J connectivity index is 1.96. The quantitative estimate of drug-likeness (QED) is 0.466. The Kier molecular flexibility index (Phi) is 6.15. The molecule has 7 heteroatoms. The van der Waals surface area contributed by atoms with Crippen LogP contribution in [0.3, 0.4) is 0 Å². The largest absolute Gasteiger partial charge is 0.351 e. The predicted molar refractivity (Wildman–Crippen MR) is 107 cm³/mol. The van der Waals surface area contributed by atoms with Gasteiger partial charge in [0, 0.05) is 17.7 Å². The van der Waals surface area contributed by atoms with Crippen molar-refractivity contribution in [2.45, 2.75) is 19.8 Å². The van der Waals surface area contributed by atoms with Crippen molar-refractivity contribution in [2.24, 2.45) is 4.99 Å². The van der Waals surface area contributed by atoms with E-state index in [1.807, 2.05) is 13.0 Å². The molecule has 0 fully saturated rings. The number of nitrogens with one attached hydrogen (secondary N) is 2. The minimum absolute atomic E-state index is 0.122. The molecule has 0 saturated carbocycles. The molecule has 0 bridgehead atoms. The Morgan fingerprint density at radius 3 is 2.48 bits per heavy atom. The van der Waals surface area contributed by atoms with Crippen molar-refractivity contribution in [3.63, 3.8) is 0 Å². The smallest absolute Gasteiger partial charge is 0.264 e. The van der Waals surface area contributed by atoms with E-state index in [1.54, 1.807) is 30.3 Å². The number of nitriles is 1. The molecule has 29 heavy (non-hydrogen) atoms. The average Bonchev–Trinajstić information content (AvgIpc) is 3.07. The second-order valence-corrected chi connectivity index (χ2v) is 6.38. The number of unbranched alkanes of at least 4 members (excludes halogenated alkanes) is 1. The SMILES string of the molecule is CCCCNC(=O)C(C#N)=C1N=C(NC(=O)c2ccccc2F)c2ccccc21. The maximum Gasteiger partial charge on any atom is 0.264 e. The maximum absolute atomic E-state index is 13.9. The molecule has 1 aliphatic heterocycles. The third-order valence-electron chi connectivity index (χ3n) is 4.40. The lowest BCUT2D eigenvalue weighted by atomic mass is 10.0. The predicted octanol–water partition coefficient (Wildman–Crippen LogP) is 3.17. The number of fused-ring (bicyclic) bond motifs is 1. The van der Waals surface area contributed by atoms with E-state index in [9.17, 15) is 19.2 Å². The van der Waals surface area contributed by atoms with Gasteiger partial charge < -0.3 is 10.6 Å². The molecule has 2 aromatic rings. The fourth-order valence-electron chi connectivity index (χ4n) is 2.91. The summed E-state index contributed by atoms with van der Waals surface area (Å²) < 4.78 is 13.9. The van der Waals surface area contributed by atoms with Gasteiger partial charge in [-0.15, -0.1) is 0 Å². The van der Waals surface area contributed by atoms with Gasteiger partial charge in [0.05, 0.1) is 11.3 Å². The molecule has 0 saturated heterocycles. The van der Waals surface area contributed by atoms with Crippen molar-refractivity contribution in [1.29, 1.82) is 5.26 Å². The molecule has 0 aliphatic carbocycles. The summed E-state index contributed by atoms with van der Waals surface area (Å²) in [7, 11) is 0. The molecule has 0 radical (unpaired) electrons. The van der Waals surface area contributed by atoms with Gasteiger partial charge in [-0.25, -0.2) is 9.38 Å². The van der Waals surface area contributed by atoms with E-state index in [0.717, 1.165) is 12.8 Å². The molecular weight excluding hydrogens is 371 g/mol. The van der Waals surface area contributed by atoms with Crippen LogP contribution in [0.15, 0.2) is 59.1 Å². The highest BCUT2D eigenvalue weighted by atomic mass is 19.1. The van der Waals surface area contributed by atoms with Crippen molar-refractivity contribution < 1.29 is 14.0 Å². The average molecular weight is 390 g/mol. The van der Waals surface area contributed by atoms with Crippen LogP contribution in [0, 0.1) is 17.1 Å². The van der Waals surface area contributed by atoms with Crippen LogP contribution in [0.4, 0.5) is 4.39 Å². The zero-order valence-electron chi connectivity index (χ0n) is 15.8. The number of carbonyl (C=O) groups is 2. The van der Waals surface area contributed by atoms with Crippen LogP contribution in [0.1, 0.15) is 41.3 Å². The molecule has 0 unspecified atom stereocenters. The zero-order chi connectivity index (χ0) is 20.8. The number of nitrogens with zero attached hydrogens (tertiary/aromatic N) is 2. The van der Waals surface area contributed by atoms with Crippen molar-refractivity contribution in [3.05, 3.63) is 76.6 Å². The first-order chi connectivity index (χ1) is 14.1. The van der Waals surface area contributed by atoms with Gasteiger partial charge in [-0.2, -0.15) is 5.26 Å². The Hall–Kier alpha value is -3.79. The van der Waals surface area contributed by atoms with Gasteiger partial charge in [0.25, 0.3) is 11.8 Å². The summed E-state index contributed by atoms with van der Waals surface area (Å²) >= 11 is 0. The van der Waals surface area contributed by atoms with Gasteiger partial charge in [-0.05, 0) is 18.6 Å². The first-order valence-corrected chi connectivity index (χ1v) is 9.23. The van der Waals surface area contributed by atoms with Crippen molar-refractivity contribution >= 4 is 23.3 Å². The highest BCUT2D eigenvalue weighted by Crippen LogP contribution is 2.30. The van der Waals surface area contributed by atoms with Crippen LogP contribution in [-0.4, -0.2) is 24.2 Å². The molecule has 0 aromatic heterocycles. The summed E-state index contributed by atoms with van der Waals surface area (Å²) in [6, 6.07) is 14.5. The summed E-state index contributed by atoms with van der Waals surface area (Å²) in [6.45, 7) is 2.45. The highest BCUT2D eigenvalue weighted by Gasteiger charge is 2.27. The van der Waals surface area contributed by atoms with Crippen LogP contribution in [0.25, 0.3) is 5.70 Å². The van der Waals surface area contributed by atoms with E-state index in [2.05, 4.69) is 15.6 Å². The number of aliphatic imine (C=N–C) groups is 1. The molecule has 2 aromatic carbocycles. The lowest BCUT2D eigenvalue weighted by Crippen LogP contribution is -2.31. The van der Waals surface area contributed by atoms with E-state index in [-0.39, 0.29) is 22.7 Å². The molecule has 146 valence electrons. The molecule has 6 nitrogen and oxygen atoms in total. The van der Waals surface area contributed by atoms with Crippen molar-refractivity contribution in [3.8, 4) is 6.07 Å². The van der Waals surface area contributed by atoms with E-state index >= 15 is 0 Å². The number of halogens is 1. The molecule has 1 heterocycles. The van der Waals surface area contributed by atoms with Crippen LogP contribution >= 0.6 is 0 Å². The van der Waals surface area contributed by atoms with Crippen LogP contribution < -0.4 is 10.6 Å². The number of hydrogen-bond donors (Lipinski definition) is 2. The van der Waals surface area contributed by atoms with Crippen LogP contribution in [0.5, 0.6) is 0 Å². The summed E-state index contributed by atoms with van der Waals surface area (Å²) in [5.74, 6) is -1.67. The first kappa shape index (κ1) is 20.0. The number of rotatable bonds is 5. The van der Waals surface area contributed by atoms with E-state index in [0.29, 0.717) is 17.7 Å². The van der Waals surface area contributed by atoms with Gasteiger partial charge in [0.15, 0.2) is 0 Å². The first-order valence-electron chi connectivity index (χ1n) is 9.23. The number of benzene rings is 2. The Labute approximate surface area is 167 Å². The maximum atomic E-state index is 13.9. The van der Waals surface area contributed by atoms with Crippen LogP contribution in [0.2, 0.25) is 0 Å². The number of amides is 2. The number of amidine groups is 1. The monoisotopic (exact) mass is 390 g/mol. The Morgan fingerprint density at radius 2 is 1.79 bits per heavy atom. The second-order valence-electron chi connectivity index (χ2n) is 6.38. The molecule has 0 atom stereocenters. The fraction of sp³-hybridized carbons (Fsp3) is 0.182. The van der Waals surface area contributed by atoms with Gasteiger partial charge in [-0.3, -0.25) is 9.59 Å². The van der Waals surface area contributed by atoms with E-state index < -0.39 is 17.6 Å². The van der Waals surface area contributed by atoms with Gasteiger partial charge in [0.2, 0.25) is 0 Å².